The van der Waals surface area contributed by atoms with E-state index in [4.69, 9.17) is 27.8 Å². The Morgan fingerprint density at radius 3 is 2.58 bits per heavy atom. The molecule has 6 heteroatoms. The van der Waals surface area contributed by atoms with Gasteiger partial charge in [0, 0.05) is 5.38 Å². The molecular weight excluding hydrogens is 223 g/mol. The summed E-state index contributed by atoms with van der Waals surface area (Å²) >= 11 is 9.48. The molecule has 0 aromatic rings. The van der Waals surface area contributed by atoms with Crippen LogP contribution in [0, 0.1) is 0 Å². The van der Waals surface area contributed by atoms with Gasteiger partial charge in [0.1, 0.15) is 0 Å². The minimum Gasteiger partial charge on any atom is -0.284 e. The summed E-state index contributed by atoms with van der Waals surface area (Å²) in [5, 5.41) is -0.183. The molecule has 0 heterocycles. The first kappa shape index (κ1) is 10.7. The minimum atomic E-state index is -2.22. The Morgan fingerprint density at radius 2 is 2.08 bits per heavy atom. The van der Waals surface area contributed by atoms with E-state index in [0.717, 1.165) is 6.42 Å². The van der Waals surface area contributed by atoms with Crippen LogP contribution in [0.15, 0.2) is 0 Å². The van der Waals surface area contributed by atoms with Crippen molar-refractivity contribution in [3.05, 3.63) is 0 Å². The molecule has 0 aliphatic heterocycles. The first-order valence-electron chi connectivity index (χ1n) is 3.65. The van der Waals surface area contributed by atoms with Gasteiger partial charge in [-0.25, -0.2) is 0 Å². The van der Waals surface area contributed by atoms with Crippen molar-refractivity contribution in [1.29, 1.82) is 0 Å². The van der Waals surface area contributed by atoms with Crippen LogP contribution in [0.3, 0.4) is 0 Å². The lowest BCUT2D eigenvalue weighted by atomic mass is 9.97. The summed E-state index contributed by atoms with van der Waals surface area (Å²) in [5.74, 6) is 0. The summed E-state index contributed by atoms with van der Waals surface area (Å²) in [7, 11) is 0. The lowest BCUT2D eigenvalue weighted by Crippen LogP contribution is -2.33. The molecule has 1 rings (SSSR count). The summed E-state index contributed by atoms with van der Waals surface area (Å²) < 4.78 is 23.4. The third-order valence-corrected chi connectivity index (χ3v) is 3.12. The van der Waals surface area contributed by atoms with E-state index in [1.54, 1.807) is 0 Å². The van der Waals surface area contributed by atoms with Crippen molar-refractivity contribution in [3.8, 4) is 0 Å². The molecule has 1 aliphatic rings. The SMILES string of the molecule is O=S(O)OC1CCC(Cl)CC1Cl. The van der Waals surface area contributed by atoms with Crippen LogP contribution >= 0.6 is 23.2 Å². The van der Waals surface area contributed by atoms with Crippen LogP contribution in [0.1, 0.15) is 19.3 Å². The second-order valence-electron chi connectivity index (χ2n) is 2.78. The van der Waals surface area contributed by atoms with Gasteiger partial charge in [0.05, 0.1) is 11.5 Å². The maximum Gasteiger partial charge on any atom is 0.302 e. The molecule has 1 N–H and O–H groups in total. The van der Waals surface area contributed by atoms with Gasteiger partial charge in [-0.3, -0.25) is 8.74 Å². The van der Waals surface area contributed by atoms with E-state index in [-0.39, 0.29) is 16.9 Å². The summed E-state index contributed by atoms with van der Waals surface area (Å²) in [5.41, 5.74) is 0. The van der Waals surface area contributed by atoms with Crippen molar-refractivity contribution < 1.29 is 12.9 Å². The van der Waals surface area contributed by atoms with E-state index in [1.807, 2.05) is 0 Å². The zero-order valence-corrected chi connectivity index (χ0v) is 8.61. The fraction of sp³-hybridized carbons (Fsp3) is 1.00. The molecule has 0 saturated heterocycles. The Labute approximate surface area is 83.9 Å². The fourth-order valence-electron chi connectivity index (χ4n) is 1.25. The first-order chi connectivity index (χ1) is 5.59. The molecule has 0 bridgehead atoms. The summed E-state index contributed by atoms with van der Waals surface area (Å²) in [6.45, 7) is 0. The van der Waals surface area contributed by atoms with Gasteiger partial charge >= 0.3 is 11.4 Å². The van der Waals surface area contributed by atoms with Gasteiger partial charge in [0.25, 0.3) is 0 Å². The van der Waals surface area contributed by atoms with Gasteiger partial charge in [-0.2, -0.15) is 4.21 Å². The van der Waals surface area contributed by atoms with Crippen LogP contribution in [-0.4, -0.2) is 25.6 Å². The lowest BCUT2D eigenvalue weighted by Gasteiger charge is -2.27. The first-order valence-corrected chi connectivity index (χ1v) is 5.56. The molecule has 0 aromatic carbocycles. The molecule has 1 aliphatic carbocycles. The summed E-state index contributed by atoms with van der Waals surface area (Å²) in [4.78, 5) is 0. The largest absolute Gasteiger partial charge is 0.302 e. The normalized spacial score (nSPS) is 39.4. The molecule has 72 valence electrons. The zero-order chi connectivity index (χ0) is 9.14. The third-order valence-electron chi connectivity index (χ3n) is 1.85. The molecule has 1 saturated carbocycles. The predicted molar refractivity (Wildman–Crippen MR) is 48.8 cm³/mol. The molecule has 0 aromatic heterocycles. The Bertz CT molecular complexity index is 178. The topological polar surface area (TPSA) is 46.5 Å². The zero-order valence-electron chi connectivity index (χ0n) is 6.28. The van der Waals surface area contributed by atoms with E-state index >= 15 is 0 Å². The maximum atomic E-state index is 10.3. The van der Waals surface area contributed by atoms with Crippen LogP contribution in [-0.2, 0) is 15.5 Å². The van der Waals surface area contributed by atoms with Crippen molar-refractivity contribution in [3.63, 3.8) is 0 Å². The highest BCUT2D eigenvalue weighted by Crippen LogP contribution is 2.29. The molecular formula is C6H10Cl2O3S. The average Bonchev–Trinajstić information content (AvgIpc) is 1.94. The monoisotopic (exact) mass is 232 g/mol. The average molecular weight is 233 g/mol. The second kappa shape index (κ2) is 4.77. The number of rotatable bonds is 2. The highest BCUT2D eigenvalue weighted by Gasteiger charge is 2.30. The lowest BCUT2D eigenvalue weighted by molar-refractivity contribution is 0.164. The minimum absolute atomic E-state index is 0.0690. The van der Waals surface area contributed by atoms with Gasteiger partial charge in [0.2, 0.25) is 0 Å². The Morgan fingerprint density at radius 1 is 1.42 bits per heavy atom. The van der Waals surface area contributed by atoms with Crippen LogP contribution < -0.4 is 0 Å². The number of hydrogen-bond acceptors (Lipinski definition) is 2. The fourth-order valence-corrected chi connectivity index (χ4v) is 2.56. The van der Waals surface area contributed by atoms with E-state index < -0.39 is 11.4 Å². The van der Waals surface area contributed by atoms with E-state index in [0.29, 0.717) is 12.8 Å². The van der Waals surface area contributed by atoms with Crippen molar-refractivity contribution in [1.82, 2.24) is 0 Å². The molecule has 4 unspecified atom stereocenters. The number of alkyl halides is 2. The smallest absolute Gasteiger partial charge is 0.284 e. The van der Waals surface area contributed by atoms with E-state index in [1.165, 1.54) is 0 Å². The molecule has 4 atom stereocenters. The van der Waals surface area contributed by atoms with Crippen molar-refractivity contribution in [2.24, 2.45) is 0 Å². The van der Waals surface area contributed by atoms with Crippen LogP contribution in [0.4, 0.5) is 0 Å². The number of halogens is 2. The van der Waals surface area contributed by atoms with E-state index in [2.05, 4.69) is 4.18 Å². The molecule has 3 nitrogen and oxygen atoms in total. The highest BCUT2D eigenvalue weighted by atomic mass is 35.5. The van der Waals surface area contributed by atoms with Crippen LogP contribution in [0.25, 0.3) is 0 Å². The quantitative estimate of drug-likeness (QED) is 0.585. The summed E-state index contributed by atoms with van der Waals surface area (Å²) in [6, 6.07) is 0. The number of hydrogen-bond donors (Lipinski definition) is 1. The molecule has 0 spiro atoms. The predicted octanol–water partition coefficient (Wildman–Crippen LogP) is 1.91. The van der Waals surface area contributed by atoms with Gasteiger partial charge in [-0.05, 0) is 19.3 Å². The third kappa shape index (κ3) is 3.18. The van der Waals surface area contributed by atoms with Gasteiger partial charge in [0.15, 0.2) is 0 Å². The Balaban J connectivity index is 2.39. The van der Waals surface area contributed by atoms with E-state index in [9.17, 15) is 4.21 Å². The van der Waals surface area contributed by atoms with Crippen LogP contribution in [0.2, 0.25) is 0 Å². The maximum absolute atomic E-state index is 10.3. The molecule has 0 amide bonds. The standard InChI is InChI=1S/C6H10Cl2O3S/c7-4-1-2-6(5(8)3-4)11-12(9)10/h4-6H,1-3H2,(H,9,10). The van der Waals surface area contributed by atoms with Gasteiger partial charge in [-0.1, -0.05) is 0 Å². The van der Waals surface area contributed by atoms with Gasteiger partial charge < -0.3 is 0 Å². The van der Waals surface area contributed by atoms with Crippen molar-refractivity contribution in [2.45, 2.75) is 36.1 Å². The molecule has 12 heavy (non-hydrogen) atoms. The van der Waals surface area contributed by atoms with Crippen molar-refractivity contribution in [2.75, 3.05) is 0 Å². The Hall–Kier alpha value is 0.650. The van der Waals surface area contributed by atoms with Gasteiger partial charge in [-0.15, -0.1) is 23.2 Å². The highest BCUT2D eigenvalue weighted by molar-refractivity contribution is 7.74. The molecule has 1 fully saturated rings. The Kier molecular flexibility index (Phi) is 4.26. The molecule has 0 radical (unpaired) electrons. The van der Waals surface area contributed by atoms with Crippen molar-refractivity contribution >= 4 is 34.6 Å². The summed E-state index contributed by atoms with van der Waals surface area (Å²) in [6.07, 6.45) is 1.72. The van der Waals surface area contributed by atoms with Crippen LogP contribution in [0.5, 0.6) is 0 Å². The second-order valence-corrected chi connectivity index (χ2v) is 4.58.